The molecule has 0 bridgehead atoms. The third kappa shape index (κ3) is 3.61. The molecule has 1 aromatic heterocycles. The zero-order valence-corrected chi connectivity index (χ0v) is 16.7. The van der Waals surface area contributed by atoms with Crippen LogP contribution in [-0.2, 0) is 14.3 Å². The number of ether oxygens (including phenoxy) is 3. The molecule has 0 saturated carbocycles. The fourth-order valence-electron chi connectivity index (χ4n) is 3.58. The van der Waals surface area contributed by atoms with E-state index in [1.807, 2.05) is 17.5 Å². The number of methoxy groups -OCH3 is 1. The molecule has 152 valence electrons. The number of ketones is 1. The average molecular weight is 415 g/mol. The maximum atomic E-state index is 12.9. The summed E-state index contributed by atoms with van der Waals surface area (Å²) in [5.41, 5.74) is 0.497. The van der Waals surface area contributed by atoms with E-state index in [0.29, 0.717) is 49.8 Å². The van der Waals surface area contributed by atoms with Gasteiger partial charge in [0.25, 0.3) is 11.7 Å². The van der Waals surface area contributed by atoms with Crippen LogP contribution in [0.5, 0.6) is 11.5 Å². The largest absolute Gasteiger partial charge is 0.507 e. The first-order chi connectivity index (χ1) is 14.1. The van der Waals surface area contributed by atoms with E-state index >= 15 is 0 Å². The number of hydrogen-bond acceptors (Lipinski definition) is 7. The third-order valence-corrected chi connectivity index (χ3v) is 5.84. The summed E-state index contributed by atoms with van der Waals surface area (Å²) in [6, 6.07) is 8.08. The van der Waals surface area contributed by atoms with Gasteiger partial charge in [0.2, 0.25) is 0 Å². The lowest BCUT2D eigenvalue weighted by molar-refractivity contribution is -0.140. The molecule has 1 N–H and O–H groups in total. The van der Waals surface area contributed by atoms with Gasteiger partial charge in [0.15, 0.2) is 11.5 Å². The lowest BCUT2D eigenvalue weighted by Gasteiger charge is -2.24. The Morgan fingerprint density at radius 1 is 1.24 bits per heavy atom. The molecular weight excluding hydrogens is 394 g/mol. The number of carbonyl (C=O) groups is 2. The van der Waals surface area contributed by atoms with E-state index in [1.54, 1.807) is 25.3 Å². The highest BCUT2D eigenvalue weighted by molar-refractivity contribution is 7.10. The summed E-state index contributed by atoms with van der Waals surface area (Å²) < 4.78 is 16.2. The van der Waals surface area contributed by atoms with E-state index in [9.17, 15) is 14.7 Å². The molecule has 2 aromatic rings. The highest BCUT2D eigenvalue weighted by Crippen LogP contribution is 2.42. The van der Waals surface area contributed by atoms with E-state index < -0.39 is 17.7 Å². The highest BCUT2D eigenvalue weighted by Gasteiger charge is 2.46. The van der Waals surface area contributed by atoms with Crippen LogP contribution in [0, 0.1) is 0 Å². The predicted molar refractivity (Wildman–Crippen MR) is 107 cm³/mol. The van der Waals surface area contributed by atoms with Crippen molar-refractivity contribution in [3.8, 4) is 11.5 Å². The van der Waals surface area contributed by atoms with E-state index in [4.69, 9.17) is 14.2 Å². The van der Waals surface area contributed by atoms with E-state index in [0.717, 1.165) is 4.88 Å². The zero-order chi connectivity index (χ0) is 20.4. The Labute approximate surface area is 172 Å². The smallest absolute Gasteiger partial charge is 0.295 e. The van der Waals surface area contributed by atoms with Crippen molar-refractivity contribution in [3.63, 3.8) is 0 Å². The van der Waals surface area contributed by atoms with Gasteiger partial charge in [-0.1, -0.05) is 6.07 Å². The summed E-state index contributed by atoms with van der Waals surface area (Å²) in [6.45, 7) is 1.71. The number of thiophene rings is 1. The number of carbonyl (C=O) groups excluding carboxylic acids is 2. The molecule has 4 rings (SSSR count). The molecule has 7 nitrogen and oxygen atoms in total. The SMILES string of the molecule is COCCCN1C(=O)C(=O)C(=C(O)c2ccc3c(c2)OCCO3)C1c1cccs1. The molecule has 1 fully saturated rings. The first-order valence-electron chi connectivity index (χ1n) is 9.32. The Balaban J connectivity index is 1.77. The topological polar surface area (TPSA) is 85.3 Å². The summed E-state index contributed by atoms with van der Waals surface area (Å²) >= 11 is 1.44. The van der Waals surface area contributed by atoms with Crippen molar-refractivity contribution >= 4 is 28.8 Å². The van der Waals surface area contributed by atoms with Crippen molar-refractivity contribution in [1.82, 2.24) is 4.90 Å². The van der Waals surface area contributed by atoms with Crippen LogP contribution in [-0.4, -0.2) is 55.2 Å². The van der Waals surface area contributed by atoms with Gasteiger partial charge in [-0.25, -0.2) is 0 Å². The molecule has 1 atom stereocenters. The van der Waals surface area contributed by atoms with Crippen molar-refractivity contribution < 1.29 is 28.9 Å². The van der Waals surface area contributed by atoms with Crippen molar-refractivity contribution in [2.45, 2.75) is 12.5 Å². The first kappa shape index (κ1) is 19.5. The van der Waals surface area contributed by atoms with Crippen LogP contribution in [0.3, 0.4) is 0 Å². The first-order valence-corrected chi connectivity index (χ1v) is 10.2. The molecule has 1 aromatic carbocycles. The minimum Gasteiger partial charge on any atom is -0.507 e. The van der Waals surface area contributed by atoms with Crippen LogP contribution < -0.4 is 9.47 Å². The zero-order valence-electron chi connectivity index (χ0n) is 15.9. The number of nitrogens with zero attached hydrogens (tertiary/aromatic N) is 1. The number of amides is 1. The van der Waals surface area contributed by atoms with Gasteiger partial charge in [-0.15, -0.1) is 11.3 Å². The molecule has 0 radical (unpaired) electrons. The Morgan fingerprint density at radius 3 is 2.76 bits per heavy atom. The molecule has 8 heteroatoms. The maximum absolute atomic E-state index is 12.9. The molecule has 0 spiro atoms. The fourth-order valence-corrected chi connectivity index (χ4v) is 4.42. The van der Waals surface area contributed by atoms with Gasteiger partial charge in [0.05, 0.1) is 11.6 Å². The molecule has 29 heavy (non-hydrogen) atoms. The summed E-state index contributed by atoms with van der Waals surface area (Å²) in [6.07, 6.45) is 0.593. The number of aliphatic hydroxyl groups excluding tert-OH is 1. The molecule has 1 amide bonds. The van der Waals surface area contributed by atoms with Gasteiger partial charge in [-0.2, -0.15) is 0 Å². The number of aliphatic hydroxyl groups is 1. The Hall–Kier alpha value is -2.84. The fraction of sp³-hybridized carbons (Fsp3) is 0.333. The van der Waals surface area contributed by atoms with Crippen LogP contribution in [0.25, 0.3) is 5.76 Å². The van der Waals surface area contributed by atoms with Crippen LogP contribution in [0.2, 0.25) is 0 Å². The van der Waals surface area contributed by atoms with Crippen LogP contribution in [0.4, 0.5) is 0 Å². The van der Waals surface area contributed by atoms with E-state index in [-0.39, 0.29) is 11.3 Å². The number of Topliss-reactive ketones (excluding diaryl/α,β-unsaturated/α-hetero) is 1. The summed E-state index contributed by atoms with van der Waals surface area (Å²) in [7, 11) is 1.59. The number of likely N-dealkylation sites (tertiary alicyclic amines) is 1. The van der Waals surface area contributed by atoms with E-state index in [2.05, 4.69) is 0 Å². The Morgan fingerprint density at radius 2 is 2.03 bits per heavy atom. The number of fused-ring (bicyclic) bond motifs is 1. The number of hydrogen-bond donors (Lipinski definition) is 1. The standard InChI is InChI=1S/C21H21NO6S/c1-26-8-3-7-22-18(16-4-2-11-29-16)17(20(24)21(22)25)19(23)13-5-6-14-15(12-13)28-10-9-27-14/h2,4-6,11-12,18,23H,3,7-10H2,1H3. The van der Waals surface area contributed by atoms with Gasteiger partial charge in [-0.3, -0.25) is 9.59 Å². The molecule has 3 heterocycles. The lowest BCUT2D eigenvalue weighted by Crippen LogP contribution is -2.31. The van der Waals surface area contributed by atoms with Crippen molar-refractivity contribution in [2.24, 2.45) is 0 Å². The minimum absolute atomic E-state index is 0.0894. The van der Waals surface area contributed by atoms with Crippen LogP contribution in [0.15, 0.2) is 41.3 Å². The summed E-state index contributed by atoms with van der Waals surface area (Å²) in [4.78, 5) is 27.9. The quantitative estimate of drug-likeness (QED) is 0.338. The summed E-state index contributed by atoms with van der Waals surface area (Å²) in [5, 5.41) is 12.9. The van der Waals surface area contributed by atoms with Crippen LogP contribution in [0.1, 0.15) is 22.9 Å². The summed E-state index contributed by atoms with van der Waals surface area (Å²) in [5.74, 6) is -0.426. The number of rotatable bonds is 6. The minimum atomic E-state index is -0.687. The van der Waals surface area contributed by atoms with Gasteiger partial charge in [-0.05, 0) is 36.1 Å². The highest BCUT2D eigenvalue weighted by atomic mass is 32.1. The number of benzene rings is 1. The third-order valence-electron chi connectivity index (χ3n) is 4.92. The maximum Gasteiger partial charge on any atom is 0.295 e. The van der Waals surface area contributed by atoms with Gasteiger partial charge < -0.3 is 24.2 Å². The average Bonchev–Trinajstić information content (AvgIpc) is 3.35. The predicted octanol–water partition coefficient (Wildman–Crippen LogP) is 2.98. The second kappa shape index (κ2) is 8.26. The lowest BCUT2D eigenvalue weighted by atomic mass is 9.99. The van der Waals surface area contributed by atoms with Crippen LogP contribution >= 0.6 is 11.3 Å². The Kier molecular flexibility index (Phi) is 5.55. The second-order valence-electron chi connectivity index (χ2n) is 6.71. The monoisotopic (exact) mass is 415 g/mol. The van der Waals surface area contributed by atoms with Crippen molar-refractivity contribution in [3.05, 3.63) is 51.7 Å². The second-order valence-corrected chi connectivity index (χ2v) is 7.69. The van der Waals surface area contributed by atoms with Gasteiger partial charge in [0.1, 0.15) is 19.0 Å². The molecule has 1 unspecified atom stereocenters. The molecule has 2 aliphatic heterocycles. The normalized spacial score (nSPS) is 20.3. The molecular formula is C21H21NO6S. The molecule has 2 aliphatic rings. The van der Waals surface area contributed by atoms with Gasteiger partial charge in [0, 0.05) is 30.7 Å². The molecule has 0 aliphatic carbocycles. The van der Waals surface area contributed by atoms with Crippen molar-refractivity contribution in [1.29, 1.82) is 0 Å². The Bertz CT molecular complexity index is 952. The van der Waals surface area contributed by atoms with Gasteiger partial charge >= 0.3 is 0 Å². The van der Waals surface area contributed by atoms with Crippen molar-refractivity contribution in [2.75, 3.05) is 33.5 Å². The van der Waals surface area contributed by atoms with E-state index in [1.165, 1.54) is 16.2 Å². The molecule has 1 saturated heterocycles.